The quantitative estimate of drug-likeness (QED) is 0.782. The molecular formula is C16H16N2O2S. The van der Waals surface area contributed by atoms with E-state index in [4.69, 9.17) is 4.74 Å². The highest BCUT2D eigenvalue weighted by Crippen LogP contribution is 2.31. The second kappa shape index (κ2) is 6.20. The fourth-order valence-electron chi connectivity index (χ4n) is 2.22. The number of H-pyrrole nitrogens is 1. The van der Waals surface area contributed by atoms with E-state index in [1.165, 1.54) is 17.7 Å². The molecule has 0 amide bonds. The number of nitrogens with one attached hydrogen (secondary N) is 1. The zero-order valence-corrected chi connectivity index (χ0v) is 12.5. The van der Waals surface area contributed by atoms with E-state index in [9.17, 15) is 4.79 Å². The minimum atomic E-state index is -0.0968. The van der Waals surface area contributed by atoms with Crippen LogP contribution in [-0.4, -0.2) is 9.97 Å². The van der Waals surface area contributed by atoms with Crippen LogP contribution >= 0.6 is 11.3 Å². The summed E-state index contributed by atoms with van der Waals surface area (Å²) < 4.78 is 6.00. The lowest BCUT2D eigenvalue weighted by molar-refractivity contribution is 0.0396. The highest BCUT2D eigenvalue weighted by Gasteiger charge is 2.15. The van der Waals surface area contributed by atoms with Crippen molar-refractivity contribution < 1.29 is 4.74 Å². The van der Waals surface area contributed by atoms with Crippen LogP contribution in [0.15, 0.2) is 47.5 Å². The topological polar surface area (TPSA) is 55.0 Å². The van der Waals surface area contributed by atoms with E-state index in [2.05, 4.69) is 16.9 Å². The van der Waals surface area contributed by atoms with E-state index in [1.807, 2.05) is 36.4 Å². The Morgan fingerprint density at radius 1 is 1.33 bits per heavy atom. The van der Waals surface area contributed by atoms with Gasteiger partial charge >= 0.3 is 0 Å². The van der Waals surface area contributed by atoms with Crippen molar-refractivity contribution in [2.45, 2.75) is 26.1 Å². The van der Waals surface area contributed by atoms with Crippen LogP contribution in [-0.2, 0) is 11.3 Å². The maximum atomic E-state index is 11.8. The van der Waals surface area contributed by atoms with Gasteiger partial charge in [-0.05, 0) is 18.1 Å². The largest absolute Gasteiger partial charge is 0.368 e. The van der Waals surface area contributed by atoms with Crippen molar-refractivity contribution in [1.82, 2.24) is 9.97 Å². The molecule has 3 rings (SSSR count). The molecule has 2 aromatic heterocycles. The molecule has 0 radical (unpaired) electrons. The number of fused-ring (bicyclic) bond motifs is 1. The van der Waals surface area contributed by atoms with Gasteiger partial charge in [-0.25, -0.2) is 4.98 Å². The lowest BCUT2D eigenvalue weighted by Gasteiger charge is -2.14. The first kappa shape index (κ1) is 14.0. The Bertz CT molecular complexity index is 780. The number of aromatic amines is 1. The fourth-order valence-corrected chi connectivity index (χ4v) is 3.35. The summed E-state index contributed by atoms with van der Waals surface area (Å²) in [5.41, 5.74) is 1.05. The predicted molar refractivity (Wildman–Crippen MR) is 84.5 cm³/mol. The van der Waals surface area contributed by atoms with E-state index in [1.54, 1.807) is 0 Å². The van der Waals surface area contributed by atoms with Crippen molar-refractivity contribution >= 4 is 21.6 Å². The summed E-state index contributed by atoms with van der Waals surface area (Å²) in [7, 11) is 0. The van der Waals surface area contributed by atoms with Crippen LogP contribution in [0.3, 0.4) is 0 Å². The highest BCUT2D eigenvalue weighted by atomic mass is 32.1. The zero-order chi connectivity index (χ0) is 14.7. The summed E-state index contributed by atoms with van der Waals surface area (Å²) in [5.74, 6) is 0. The summed E-state index contributed by atoms with van der Waals surface area (Å²) in [5, 5.41) is 0.638. The Hall–Kier alpha value is -1.98. The van der Waals surface area contributed by atoms with Gasteiger partial charge in [0.05, 0.1) is 24.4 Å². The van der Waals surface area contributed by atoms with Gasteiger partial charge < -0.3 is 9.72 Å². The molecule has 1 atom stereocenters. The van der Waals surface area contributed by atoms with Crippen LogP contribution in [0.5, 0.6) is 0 Å². The van der Waals surface area contributed by atoms with Crippen molar-refractivity contribution in [1.29, 1.82) is 0 Å². The van der Waals surface area contributed by atoms with Gasteiger partial charge in [0.25, 0.3) is 5.56 Å². The highest BCUT2D eigenvalue weighted by molar-refractivity contribution is 7.18. The Balaban J connectivity index is 1.81. The van der Waals surface area contributed by atoms with E-state index >= 15 is 0 Å². The van der Waals surface area contributed by atoms with Crippen LogP contribution in [0.25, 0.3) is 10.2 Å². The smallest absolute Gasteiger partial charge is 0.259 e. The van der Waals surface area contributed by atoms with Crippen LogP contribution < -0.4 is 5.56 Å². The molecule has 0 aliphatic heterocycles. The molecule has 5 heteroatoms. The first-order chi connectivity index (χ1) is 10.3. The summed E-state index contributed by atoms with van der Waals surface area (Å²) in [6, 6.07) is 12.0. The average molecular weight is 300 g/mol. The third-order valence-electron chi connectivity index (χ3n) is 3.34. The van der Waals surface area contributed by atoms with Gasteiger partial charge in [-0.15, -0.1) is 11.3 Å². The minimum absolute atomic E-state index is 0.0104. The molecule has 108 valence electrons. The number of rotatable bonds is 5. The summed E-state index contributed by atoms with van der Waals surface area (Å²) in [4.78, 5) is 20.4. The van der Waals surface area contributed by atoms with Crippen molar-refractivity contribution in [3.8, 4) is 0 Å². The molecule has 21 heavy (non-hydrogen) atoms. The molecule has 0 aliphatic rings. The normalized spacial score (nSPS) is 12.6. The lowest BCUT2D eigenvalue weighted by atomic mass is 10.2. The molecule has 0 aliphatic carbocycles. The summed E-state index contributed by atoms with van der Waals surface area (Å²) >= 11 is 1.52. The lowest BCUT2D eigenvalue weighted by Crippen LogP contribution is -2.04. The van der Waals surface area contributed by atoms with Gasteiger partial charge in [0.15, 0.2) is 0 Å². The maximum absolute atomic E-state index is 11.8. The number of thiophene rings is 1. The average Bonchev–Trinajstić information content (AvgIpc) is 2.94. The number of benzene rings is 1. The molecule has 4 nitrogen and oxygen atoms in total. The first-order valence-corrected chi connectivity index (χ1v) is 7.72. The second-order valence-electron chi connectivity index (χ2n) is 4.79. The maximum Gasteiger partial charge on any atom is 0.259 e. The molecule has 0 bridgehead atoms. The van der Waals surface area contributed by atoms with Crippen molar-refractivity contribution in [3.63, 3.8) is 0 Å². The van der Waals surface area contributed by atoms with E-state index in [0.29, 0.717) is 12.0 Å². The molecule has 0 spiro atoms. The Kier molecular flexibility index (Phi) is 4.13. The number of hydrogen-bond acceptors (Lipinski definition) is 4. The standard InChI is InChI=1S/C16H16N2O2S/c1-2-13(20-9-11-6-4-3-5-7-11)14-8-12-15(19)17-10-18-16(12)21-14/h3-8,10,13H,2,9H2,1H3,(H,17,18,19). The van der Waals surface area contributed by atoms with E-state index in [0.717, 1.165) is 21.7 Å². The van der Waals surface area contributed by atoms with Crippen LogP contribution in [0.2, 0.25) is 0 Å². The Morgan fingerprint density at radius 2 is 2.14 bits per heavy atom. The number of aromatic nitrogens is 2. The fraction of sp³-hybridized carbons (Fsp3) is 0.250. The van der Waals surface area contributed by atoms with Gasteiger partial charge in [0.2, 0.25) is 0 Å². The van der Waals surface area contributed by atoms with E-state index in [-0.39, 0.29) is 11.7 Å². The van der Waals surface area contributed by atoms with Crippen molar-refractivity contribution in [3.05, 3.63) is 63.5 Å². The van der Waals surface area contributed by atoms with Crippen LogP contribution in [0.1, 0.15) is 29.9 Å². The summed E-state index contributed by atoms with van der Waals surface area (Å²) in [6.07, 6.45) is 2.29. The molecule has 1 N–H and O–H groups in total. The first-order valence-electron chi connectivity index (χ1n) is 6.90. The van der Waals surface area contributed by atoms with Gasteiger partial charge in [0, 0.05) is 4.88 Å². The van der Waals surface area contributed by atoms with Gasteiger partial charge in [-0.2, -0.15) is 0 Å². The molecule has 3 aromatic rings. The van der Waals surface area contributed by atoms with Crippen molar-refractivity contribution in [2.75, 3.05) is 0 Å². The molecule has 0 saturated heterocycles. The van der Waals surface area contributed by atoms with E-state index < -0.39 is 0 Å². The molecule has 1 aromatic carbocycles. The number of ether oxygens (including phenoxy) is 1. The number of nitrogens with zero attached hydrogens (tertiary/aromatic N) is 1. The Labute approximate surface area is 126 Å². The molecule has 1 unspecified atom stereocenters. The van der Waals surface area contributed by atoms with Crippen LogP contribution in [0, 0.1) is 0 Å². The molecule has 0 saturated carbocycles. The third-order valence-corrected chi connectivity index (χ3v) is 4.47. The monoisotopic (exact) mass is 300 g/mol. The second-order valence-corrected chi connectivity index (χ2v) is 5.85. The Morgan fingerprint density at radius 3 is 2.86 bits per heavy atom. The summed E-state index contributed by atoms with van der Waals surface area (Å²) in [6.45, 7) is 2.65. The van der Waals surface area contributed by atoms with Crippen LogP contribution in [0.4, 0.5) is 0 Å². The zero-order valence-electron chi connectivity index (χ0n) is 11.7. The van der Waals surface area contributed by atoms with Gasteiger partial charge in [-0.1, -0.05) is 37.3 Å². The predicted octanol–water partition coefficient (Wildman–Crippen LogP) is 3.65. The van der Waals surface area contributed by atoms with Crippen molar-refractivity contribution in [2.24, 2.45) is 0 Å². The SMILES string of the molecule is CCC(OCc1ccccc1)c1cc2c(=O)[nH]cnc2s1. The molecule has 2 heterocycles. The molecule has 0 fully saturated rings. The number of hydrogen-bond donors (Lipinski definition) is 1. The minimum Gasteiger partial charge on any atom is -0.368 e. The third kappa shape index (κ3) is 3.04. The van der Waals surface area contributed by atoms with Gasteiger partial charge in [0.1, 0.15) is 4.83 Å². The van der Waals surface area contributed by atoms with Gasteiger partial charge in [-0.3, -0.25) is 4.79 Å². The molecular weight excluding hydrogens is 284 g/mol.